The fourth-order valence-corrected chi connectivity index (χ4v) is 8.86. The number of nitrogens with zero attached hydrogens (tertiary/aromatic N) is 1. The predicted octanol–water partition coefficient (Wildman–Crippen LogP) is 6.60. The Hall–Kier alpha value is -2.85. The van der Waals surface area contributed by atoms with E-state index < -0.39 is 33.4 Å². The van der Waals surface area contributed by atoms with Crippen molar-refractivity contribution in [2.75, 3.05) is 31.7 Å². The molecule has 47 heavy (non-hydrogen) atoms. The van der Waals surface area contributed by atoms with Crippen molar-refractivity contribution < 1.29 is 27.8 Å². The molecule has 0 bridgehead atoms. The highest BCUT2D eigenvalue weighted by Gasteiger charge is 2.44. The van der Waals surface area contributed by atoms with Crippen molar-refractivity contribution in [3.8, 4) is 5.75 Å². The van der Waals surface area contributed by atoms with Crippen molar-refractivity contribution in [1.29, 1.82) is 0 Å². The van der Waals surface area contributed by atoms with Crippen LogP contribution in [0.5, 0.6) is 5.75 Å². The number of aryl methyl sites for hydroxylation is 1. The van der Waals surface area contributed by atoms with Gasteiger partial charge in [-0.3, -0.25) is 4.79 Å². The third-order valence-corrected chi connectivity index (χ3v) is 12.4. The average molecular weight is 685 g/mol. The monoisotopic (exact) mass is 684 g/mol. The van der Waals surface area contributed by atoms with Crippen molar-refractivity contribution in [3.63, 3.8) is 0 Å². The van der Waals surface area contributed by atoms with Crippen LogP contribution in [0.3, 0.4) is 0 Å². The molecule has 0 radical (unpaired) electrons. The van der Waals surface area contributed by atoms with E-state index in [2.05, 4.69) is 41.3 Å². The Morgan fingerprint density at radius 1 is 1.28 bits per heavy atom. The first-order chi connectivity index (χ1) is 22.5. The van der Waals surface area contributed by atoms with Gasteiger partial charge in [0.2, 0.25) is 10.0 Å². The smallest absolute Gasteiger partial charge is 0.264 e. The zero-order valence-electron chi connectivity index (χ0n) is 27.8. The summed E-state index contributed by atoms with van der Waals surface area (Å²) in [6.07, 6.45) is 11.6. The van der Waals surface area contributed by atoms with Crippen LogP contribution in [-0.4, -0.2) is 63.7 Å². The van der Waals surface area contributed by atoms with Gasteiger partial charge >= 0.3 is 0 Å². The normalized spacial score (nSPS) is 24.3. The van der Waals surface area contributed by atoms with Crippen molar-refractivity contribution in [1.82, 2.24) is 4.72 Å². The molecule has 1 amide bonds. The molecule has 2 aromatic carbocycles. The Bertz CT molecular complexity index is 1580. The number of carbonyl (C=O) groups is 1. The summed E-state index contributed by atoms with van der Waals surface area (Å²) < 4.78 is 40.6. The largest absolute Gasteiger partial charge is 0.490 e. The van der Waals surface area contributed by atoms with Crippen molar-refractivity contribution in [2.45, 2.75) is 88.1 Å². The molecule has 1 spiro atoms. The minimum absolute atomic E-state index is 0.145. The summed E-state index contributed by atoms with van der Waals surface area (Å²) in [6.45, 7) is 9.15. The van der Waals surface area contributed by atoms with Crippen molar-refractivity contribution >= 4 is 33.2 Å². The third-order valence-electron chi connectivity index (χ3n) is 10.4. The van der Waals surface area contributed by atoms with Gasteiger partial charge in [-0.1, -0.05) is 49.2 Å². The van der Waals surface area contributed by atoms with E-state index in [4.69, 9.17) is 21.1 Å². The van der Waals surface area contributed by atoms with E-state index in [9.17, 15) is 18.3 Å². The Morgan fingerprint density at radius 3 is 2.79 bits per heavy atom. The van der Waals surface area contributed by atoms with Crippen molar-refractivity contribution in [3.05, 3.63) is 82.9 Å². The first-order valence-corrected chi connectivity index (χ1v) is 18.8. The number of sulfonamides is 1. The Morgan fingerprint density at radius 2 is 2.09 bits per heavy atom. The van der Waals surface area contributed by atoms with E-state index >= 15 is 0 Å². The molecule has 6 atom stereocenters. The van der Waals surface area contributed by atoms with Crippen LogP contribution >= 0.6 is 11.6 Å². The number of carbonyl (C=O) groups excluding carboxylic acids is 1. The van der Waals surface area contributed by atoms with E-state index in [-0.39, 0.29) is 22.8 Å². The number of ether oxygens (including phenoxy) is 2. The molecule has 256 valence electrons. The molecule has 2 aromatic rings. The second-order valence-corrected chi connectivity index (χ2v) is 15.9. The van der Waals surface area contributed by atoms with Crippen LogP contribution in [-0.2, 0) is 26.6 Å². The number of allylic oxidation sites excluding steroid dienone is 1. The standard InChI is InChI=1S/C37H49ClN2O6S/c1-5-7-8-12-33(41)30-16-13-28(30)22-40-23-37(19-9-11-26-20-29(38)15-17-31(26)37)24-46-35-18-14-27(21-32(35)40)36(42)39-47(43,44)25(3)34(45-4)10-6-2/h6,8,12,14-15,17-18,20-21,25,28,30,33-34,41H,2,5,7,9-11,13,16,19,22-24H2,1,3-4H3,(H,39,42)/b12-8+/t25-,28+,30-,33+,34-,37+/m1/s1. The lowest BCUT2D eigenvalue weighted by Gasteiger charge is -2.45. The second kappa shape index (κ2) is 15.1. The molecule has 10 heteroatoms. The molecule has 0 aromatic heterocycles. The minimum Gasteiger partial charge on any atom is -0.490 e. The number of unbranched alkanes of at least 4 members (excludes halogenated alkanes) is 1. The molecular weight excluding hydrogens is 636 g/mol. The van der Waals surface area contributed by atoms with Gasteiger partial charge in [0.25, 0.3) is 5.91 Å². The topological polar surface area (TPSA) is 105 Å². The highest BCUT2D eigenvalue weighted by Crippen LogP contribution is 2.46. The van der Waals surface area contributed by atoms with Gasteiger partial charge in [0, 0.05) is 36.2 Å². The van der Waals surface area contributed by atoms with Gasteiger partial charge < -0.3 is 19.5 Å². The first kappa shape index (κ1) is 35.5. The molecule has 0 saturated heterocycles. The number of halogens is 1. The lowest BCUT2D eigenvalue weighted by Crippen LogP contribution is -2.49. The average Bonchev–Trinajstić information content (AvgIpc) is 3.18. The number of nitrogens with one attached hydrogen (secondary N) is 1. The maximum atomic E-state index is 13.5. The van der Waals surface area contributed by atoms with Crippen LogP contribution in [0.2, 0.25) is 5.02 Å². The first-order valence-electron chi connectivity index (χ1n) is 16.9. The van der Waals surface area contributed by atoms with E-state index in [1.54, 1.807) is 24.3 Å². The van der Waals surface area contributed by atoms with Gasteiger partial charge in [-0.15, -0.1) is 6.58 Å². The predicted molar refractivity (Wildman–Crippen MR) is 188 cm³/mol. The van der Waals surface area contributed by atoms with E-state index in [0.29, 0.717) is 31.9 Å². The molecule has 1 saturated carbocycles. The van der Waals surface area contributed by atoms with E-state index in [1.165, 1.54) is 25.2 Å². The van der Waals surface area contributed by atoms with Crippen LogP contribution in [0.15, 0.2) is 61.2 Å². The minimum atomic E-state index is -4.05. The maximum Gasteiger partial charge on any atom is 0.264 e. The van der Waals surface area contributed by atoms with E-state index in [0.717, 1.165) is 55.7 Å². The highest BCUT2D eigenvalue weighted by atomic mass is 35.5. The number of aliphatic hydroxyl groups is 1. The summed E-state index contributed by atoms with van der Waals surface area (Å²) in [4.78, 5) is 15.8. The summed E-state index contributed by atoms with van der Waals surface area (Å²) in [5.41, 5.74) is 3.16. The number of benzene rings is 2. The van der Waals surface area contributed by atoms with Gasteiger partial charge in [0.1, 0.15) is 11.0 Å². The SMILES string of the molecule is C=CC[C@@H](OC)[C@@H](C)S(=O)(=O)NC(=O)c1ccc2c(c1)N(C[C@@H]1CC[C@H]1[C@@H](O)/C=C/CCC)C[C@@]1(CCCc3cc(Cl)ccc31)CO2. The second-order valence-electron chi connectivity index (χ2n) is 13.5. The summed E-state index contributed by atoms with van der Waals surface area (Å²) in [5, 5.41) is 10.8. The fourth-order valence-electron chi connectivity index (χ4n) is 7.48. The van der Waals surface area contributed by atoms with E-state index in [1.807, 2.05) is 12.1 Å². The maximum absolute atomic E-state index is 13.5. The number of rotatable bonds is 13. The fraction of sp³-hybridized carbons (Fsp3) is 0.541. The van der Waals surface area contributed by atoms with Gasteiger partial charge in [-0.2, -0.15) is 0 Å². The van der Waals surface area contributed by atoms with Crippen LogP contribution in [0.4, 0.5) is 5.69 Å². The van der Waals surface area contributed by atoms with Gasteiger partial charge in [0.05, 0.1) is 24.5 Å². The number of anilines is 1. The van der Waals surface area contributed by atoms with Gasteiger partial charge in [-0.05, 0) is 105 Å². The number of hydrogen-bond acceptors (Lipinski definition) is 7. The van der Waals surface area contributed by atoms with Crippen LogP contribution in [0, 0.1) is 11.8 Å². The Labute approximate surface area is 285 Å². The molecule has 2 aliphatic carbocycles. The Kier molecular flexibility index (Phi) is 11.4. The Balaban J connectivity index is 1.47. The lowest BCUT2D eigenvalue weighted by atomic mass is 9.68. The quantitative estimate of drug-likeness (QED) is 0.229. The lowest BCUT2D eigenvalue weighted by molar-refractivity contribution is 0.0456. The summed E-state index contributed by atoms with van der Waals surface area (Å²) in [5.74, 6) is 0.344. The number of methoxy groups -OCH3 is 1. The van der Waals surface area contributed by atoms with Gasteiger partial charge in [0.15, 0.2) is 0 Å². The zero-order valence-corrected chi connectivity index (χ0v) is 29.4. The van der Waals surface area contributed by atoms with Gasteiger partial charge in [-0.25, -0.2) is 13.1 Å². The molecule has 3 aliphatic rings. The number of fused-ring (bicyclic) bond motifs is 3. The molecule has 1 aliphatic heterocycles. The zero-order chi connectivity index (χ0) is 33.8. The highest BCUT2D eigenvalue weighted by molar-refractivity contribution is 7.90. The molecular formula is C37H49ClN2O6S. The molecule has 5 rings (SSSR count). The van der Waals surface area contributed by atoms with Crippen molar-refractivity contribution in [2.24, 2.45) is 11.8 Å². The summed E-state index contributed by atoms with van der Waals surface area (Å²) >= 11 is 6.41. The number of amides is 1. The van der Waals surface area contributed by atoms with Crippen LogP contribution in [0.1, 0.15) is 80.3 Å². The van der Waals surface area contributed by atoms with Crippen LogP contribution in [0.25, 0.3) is 0 Å². The molecule has 0 unspecified atom stereocenters. The molecule has 1 fully saturated rings. The molecule has 8 nitrogen and oxygen atoms in total. The third kappa shape index (κ3) is 7.74. The number of aliphatic hydroxyl groups excluding tert-OH is 1. The molecule has 2 N–H and O–H groups in total. The molecule has 1 heterocycles. The van der Waals surface area contributed by atoms with Crippen LogP contribution < -0.4 is 14.4 Å². The summed E-state index contributed by atoms with van der Waals surface area (Å²) in [6, 6.07) is 11.3. The summed E-state index contributed by atoms with van der Waals surface area (Å²) in [7, 11) is -2.60. The number of hydrogen-bond donors (Lipinski definition) is 2.